The van der Waals surface area contributed by atoms with Gasteiger partial charge in [-0.15, -0.1) is 0 Å². The molecule has 0 aliphatic carbocycles. The van der Waals surface area contributed by atoms with Gasteiger partial charge >= 0.3 is 0 Å². The van der Waals surface area contributed by atoms with Crippen molar-refractivity contribution in [1.29, 1.82) is 0 Å². The molecule has 0 saturated heterocycles. The van der Waals surface area contributed by atoms with E-state index in [1.165, 1.54) is 12.1 Å². The zero-order chi connectivity index (χ0) is 9.84. The van der Waals surface area contributed by atoms with Crippen molar-refractivity contribution in [2.75, 3.05) is 0 Å². The second-order valence-corrected chi connectivity index (χ2v) is 2.48. The number of halogens is 1. The zero-order valence-corrected chi connectivity index (χ0v) is 6.79. The molecule has 0 aromatic heterocycles. The number of carbonyl (C=O) groups is 2. The van der Waals surface area contributed by atoms with Crippen LogP contribution in [0.5, 0.6) is 0 Å². The highest BCUT2D eigenvalue weighted by atomic mass is 19.1. The van der Waals surface area contributed by atoms with Crippen molar-refractivity contribution < 1.29 is 14.0 Å². The Hall–Kier alpha value is -1.45. The summed E-state index contributed by atoms with van der Waals surface area (Å²) in [6.45, 7) is 0. The Morgan fingerprint density at radius 3 is 2.69 bits per heavy atom. The molecule has 1 rings (SSSR count). The third kappa shape index (κ3) is 2.02. The first-order valence-corrected chi connectivity index (χ1v) is 3.67. The first-order chi connectivity index (χ1) is 6.19. The molecule has 13 heavy (non-hydrogen) atoms. The van der Waals surface area contributed by atoms with Gasteiger partial charge in [0.2, 0.25) is 0 Å². The van der Waals surface area contributed by atoms with Crippen LogP contribution in [0.15, 0.2) is 18.2 Å². The third-order valence-corrected chi connectivity index (χ3v) is 1.62. The van der Waals surface area contributed by atoms with Crippen molar-refractivity contribution in [2.24, 2.45) is 0 Å². The van der Waals surface area contributed by atoms with E-state index in [4.69, 9.17) is 7.85 Å². The van der Waals surface area contributed by atoms with Crippen molar-refractivity contribution in [3.8, 4) is 0 Å². The summed E-state index contributed by atoms with van der Waals surface area (Å²) in [6.07, 6.45) is 0.275. The van der Waals surface area contributed by atoms with Crippen LogP contribution in [-0.4, -0.2) is 19.9 Å². The first-order valence-electron chi connectivity index (χ1n) is 3.67. The fraction of sp³-hybridized carbons (Fsp3) is 0.111. The molecule has 0 heterocycles. The van der Waals surface area contributed by atoms with Gasteiger partial charge in [0.15, 0.2) is 5.78 Å². The van der Waals surface area contributed by atoms with E-state index in [2.05, 4.69) is 0 Å². The summed E-state index contributed by atoms with van der Waals surface area (Å²) in [6, 6.07) is 3.64. The number of Topliss-reactive ketones (excluding diaryl/α,β-unsaturated/α-hetero) is 1. The maximum Gasteiger partial charge on any atom is 0.157 e. The lowest BCUT2D eigenvalue weighted by atomic mass is 9.95. The quantitative estimate of drug-likeness (QED) is 0.396. The molecule has 2 radical (unpaired) electrons. The molecule has 64 valence electrons. The summed E-state index contributed by atoms with van der Waals surface area (Å²) in [5, 5.41) is 0. The molecule has 0 unspecified atom stereocenters. The Labute approximate surface area is 76.2 Å². The molecule has 0 amide bonds. The molecular formula is C9H6BFO2. The van der Waals surface area contributed by atoms with Crippen molar-refractivity contribution in [2.45, 2.75) is 6.32 Å². The predicted octanol–water partition coefficient (Wildman–Crippen LogP) is 1.41. The lowest BCUT2D eigenvalue weighted by Gasteiger charge is -1.99. The third-order valence-electron chi connectivity index (χ3n) is 1.62. The Bertz CT molecular complexity index is 349. The smallest absolute Gasteiger partial charge is 0.157 e. The standard InChI is InChI=1S/C9H6BFO2/c10-4-9(13)7-2-1-6(5-12)3-8(7)11/h1-3,5H,4H2. The highest BCUT2D eigenvalue weighted by molar-refractivity contribution is 6.24. The van der Waals surface area contributed by atoms with Crippen LogP contribution in [0.4, 0.5) is 4.39 Å². The maximum absolute atomic E-state index is 13.0. The van der Waals surface area contributed by atoms with Crippen LogP contribution in [0, 0.1) is 5.82 Å². The average molecular weight is 176 g/mol. The van der Waals surface area contributed by atoms with Crippen molar-refractivity contribution in [3.63, 3.8) is 0 Å². The molecule has 0 aliphatic rings. The first kappa shape index (κ1) is 9.64. The molecule has 2 nitrogen and oxygen atoms in total. The van der Waals surface area contributed by atoms with Gasteiger partial charge in [-0.05, 0) is 18.5 Å². The number of aldehydes is 1. The molecule has 0 bridgehead atoms. The second kappa shape index (κ2) is 3.98. The summed E-state index contributed by atoms with van der Waals surface area (Å²) in [7, 11) is 5.06. The van der Waals surface area contributed by atoms with Gasteiger partial charge in [0.05, 0.1) is 13.4 Å². The number of hydrogen-bond donors (Lipinski definition) is 0. The number of benzene rings is 1. The topological polar surface area (TPSA) is 34.1 Å². The summed E-state index contributed by atoms with van der Waals surface area (Å²) >= 11 is 0. The molecule has 0 aliphatic heterocycles. The molecule has 0 atom stereocenters. The lowest BCUT2D eigenvalue weighted by molar-refractivity contribution is 0.101. The number of carbonyl (C=O) groups excluding carboxylic acids is 2. The molecule has 1 aromatic carbocycles. The Balaban J connectivity index is 3.12. The van der Waals surface area contributed by atoms with E-state index in [1.54, 1.807) is 0 Å². The van der Waals surface area contributed by atoms with Crippen LogP contribution in [0.25, 0.3) is 0 Å². The van der Waals surface area contributed by atoms with Crippen LogP contribution in [0.1, 0.15) is 20.7 Å². The summed E-state index contributed by atoms with van der Waals surface area (Å²) in [5.74, 6) is -1.19. The largest absolute Gasteiger partial charge is 0.298 e. The van der Waals surface area contributed by atoms with Gasteiger partial charge in [0.1, 0.15) is 12.1 Å². The normalized spacial score (nSPS) is 9.62. The highest BCUT2D eigenvalue weighted by Gasteiger charge is 2.09. The highest BCUT2D eigenvalue weighted by Crippen LogP contribution is 2.11. The Morgan fingerprint density at radius 1 is 1.54 bits per heavy atom. The number of rotatable bonds is 3. The van der Waals surface area contributed by atoms with Gasteiger partial charge in [-0.2, -0.15) is 0 Å². The summed E-state index contributed by atoms with van der Waals surface area (Å²) in [4.78, 5) is 21.2. The minimum atomic E-state index is -0.708. The Kier molecular flexibility index (Phi) is 2.95. The van der Waals surface area contributed by atoms with Crippen LogP contribution in [-0.2, 0) is 0 Å². The van der Waals surface area contributed by atoms with Crippen LogP contribution in [0.3, 0.4) is 0 Å². The maximum atomic E-state index is 13.0. The average Bonchev–Trinajstić information content (AvgIpc) is 2.16. The summed E-state index contributed by atoms with van der Waals surface area (Å²) in [5.41, 5.74) is 0.124. The SMILES string of the molecule is [B]CC(=O)c1ccc(C=O)cc1F. The molecule has 0 N–H and O–H groups in total. The van der Waals surface area contributed by atoms with Gasteiger partial charge in [-0.1, -0.05) is 6.07 Å². The fourth-order valence-electron chi connectivity index (χ4n) is 0.941. The Morgan fingerprint density at radius 2 is 2.23 bits per heavy atom. The van der Waals surface area contributed by atoms with Gasteiger partial charge in [0, 0.05) is 5.56 Å². The number of ketones is 1. The van der Waals surface area contributed by atoms with Gasteiger partial charge in [-0.25, -0.2) is 4.39 Å². The van der Waals surface area contributed by atoms with E-state index < -0.39 is 11.6 Å². The van der Waals surface area contributed by atoms with Crippen LogP contribution in [0.2, 0.25) is 6.32 Å². The monoisotopic (exact) mass is 176 g/mol. The van der Waals surface area contributed by atoms with Crippen molar-refractivity contribution in [3.05, 3.63) is 35.1 Å². The van der Waals surface area contributed by atoms with Crippen molar-refractivity contribution in [1.82, 2.24) is 0 Å². The molecule has 0 saturated carbocycles. The van der Waals surface area contributed by atoms with E-state index in [1.807, 2.05) is 0 Å². The van der Waals surface area contributed by atoms with E-state index in [0.29, 0.717) is 6.29 Å². The predicted molar refractivity (Wildman–Crippen MR) is 46.7 cm³/mol. The van der Waals surface area contributed by atoms with Gasteiger partial charge < -0.3 is 0 Å². The molecule has 1 aromatic rings. The van der Waals surface area contributed by atoms with E-state index in [9.17, 15) is 14.0 Å². The van der Waals surface area contributed by atoms with E-state index in [-0.39, 0.29) is 17.4 Å². The number of hydrogen-bond acceptors (Lipinski definition) is 2. The molecular weight excluding hydrogens is 170 g/mol. The van der Waals surface area contributed by atoms with Crippen molar-refractivity contribution >= 4 is 19.9 Å². The minimum absolute atomic E-state index is 0.0758. The minimum Gasteiger partial charge on any atom is -0.298 e. The fourth-order valence-corrected chi connectivity index (χ4v) is 0.941. The molecule has 0 spiro atoms. The second-order valence-electron chi connectivity index (χ2n) is 2.48. The van der Waals surface area contributed by atoms with Gasteiger partial charge in [-0.3, -0.25) is 9.59 Å². The van der Waals surface area contributed by atoms with E-state index >= 15 is 0 Å². The zero-order valence-electron chi connectivity index (χ0n) is 6.79. The summed E-state index contributed by atoms with van der Waals surface area (Å²) < 4.78 is 13.0. The van der Waals surface area contributed by atoms with Gasteiger partial charge in [0.25, 0.3) is 0 Å². The molecule has 0 fully saturated rings. The molecule has 4 heteroatoms. The van der Waals surface area contributed by atoms with E-state index in [0.717, 1.165) is 6.07 Å². The lowest BCUT2D eigenvalue weighted by Crippen LogP contribution is -2.01. The van der Waals surface area contributed by atoms with Crippen LogP contribution >= 0.6 is 0 Å². The van der Waals surface area contributed by atoms with Crippen LogP contribution < -0.4 is 0 Å².